The summed E-state index contributed by atoms with van der Waals surface area (Å²) in [5.74, 6) is -3.73. The third-order valence-corrected chi connectivity index (χ3v) is 1.67. The fourth-order valence-electron chi connectivity index (χ4n) is 0.917. The molecule has 0 radical (unpaired) electrons. The molecule has 15 heavy (non-hydrogen) atoms. The minimum absolute atomic E-state index is 0.0982. The minimum Gasteiger partial charge on any atom is -0.367 e. The fourth-order valence-corrected chi connectivity index (χ4v) is 0.917. The van der Waals surface area contributed by atoms with Gasteiger partial charge in [-0.05, 0) is 5.41 Å². The first kappa shape index (κ1) is 11.8. The zero-order valence-electron chi connectivity index (χ0n) is 8.87. The lowest BCUT2D eigenvalue weighted by atomic mass is 9.97. The summed E-state index contributed by atoms with van der Waals surface area (Å²) in [6.07, 6.45) is 0. The monoisotopic (exact) mass is 218 g/mol. The van der Waals surface area contributed by atoms with Crippen molar-refractivity contribution >= 4 is 5.82 Å². The highest BCUT2D eigenvalue weighted by Crippen LogP contribution is 2.18. The van der Waals surface area contributed by atoms with Crippen molar-refractivity contribution < 1.29 is 13.2 Å². The van der Waals surface area contributed by atoms with Crippen molar-refractivity contribution in [2.75, 3.05) is 11.9 Å². The molecule has 0 aromatic carbocycles. The molecule has 1 rings (SSSR count). The molecule has 0 saturated carbocycles. The van der Waals surface area contributed by atoms with Crippen LogP contribution in [0.25, 0.3) is 0 Å². The Balaban J connectivity index is 2.82. The number of nitrogens with zero attached hydrogens (tertiary/aromatic N) is 1. The number of anilines is 1. The van der Waals surface area contributed by atoms with E-state index in [-0.39, 0.29) is 11.2 Å². The van der Waals surface area contributed by atoms with Crippen molar-refractivity contribution in [3.8, 4) is 0 Å². The molecule has 1 heterocycles. The van der Waals surface area contributed by atoms with Gasteiger partial charge in [0, 0.05) is 12.6 Å². The van der Waals surface area contributed by atoms with E-state index in [0.717, 1.165) is 0 Å². The summed E-state index contributed by atoms with van der Waals surface area (Å²) >= 11 is 0. The molecule has 0 aliphatic heterocycles. The zero-order valence-corrected chi connectivity index (χ0v) is 8.87. The van der Waals surface area contributed by atoms with Gasteiger partial charge in [-0.1, -0.05) is 20.8 Å². The number of nitrogens with one attached hydrogen (secondary N) is 1. The molecule has 0 aliphatic carbocycles. The fraction of sp³-hybridized carbons (Fsp3) is 0.500. The van der Waals surface area contributed by atoms with E-state index in [1.165, 1.54) is 0 Å². The smallest absolute Gasteiger partial charge is 0.251 e. The number of hydrogen-bond donors (Lipinski definition) is 1. The highest BCUT2D eigenvalue weighted by Gasteiger charge is 2.14. The minimum atomic E-state index is -1.30. The van der Waals surface area contributed by atoms with Gasteiger partial charge < -0.3 is 5.32 Å². The van der Waals surface area contributed by atoms with Crippen LogP contribution in [0, 0.1) is 23.0 Å². The van der Waals surface area contributed by atoms with Crippen molar-refractivity contribution in [1.82, 2.24) is 4.98 Å². The van der Waals surface area contributed by atoms with E-state index in [0.29, 0.717) is 12.6 Å². The summed E-state index contributed by atoms with van der Waals surface area (Å²) in [5, 5.41) is 2.63. The summed E-state index contributed by atoms with van der Waals surface area (Å²) in [6, 6.07) is 0.479. The number of halogens is 3. The topological polar surface area (TPSA) is 24.9 Å². The van der Waals surface area contributed by atoms with E-state index in [1.807, 2.05) is 20.8 Å². The molecule has 0 aliphatic rings. The quantitative estimate of drug-likeness (QED) is 0.772. The molecular formula is C10H13F3N2. The first-order valence-electron chi connectivity index (χ1n) is 4.55. The van der Waals surface area contributed by atoms with E-state index in [9.17, 15) is 13.2 Å². The lowest BCUT2D eigenvalue weighted by Gasteiger charge is -2.19. The van der Waals surface area contributed by atoms with E-state index in [2.05, 4.69) is 10.3 Å². The zero-order chi connectivity index (χ0) is 11.6. The van der Waals surface area contributed by atoms with Crippen LogP contribution in [-0.4, -0.2) is 11.5 Å². The van der Waals surface area contributed by atoms with Gasteiger partial charge in [0.25, 0.3) is 5.95 Å². The van der Waals surface area contributed by atoms with E-state index in [1.54, 1.807) is 0 Å². The maximum Gasteiger partial charge on any atom is 0.251 e. The molecule has 0 unspecified atom stereocenters. The normalized spacial score (nSPS) is 11.6. The number of aromatic nitrogens is 1. The van der Waals surface area contributed by atoms with Crippen molar-refractivity contribution in [2.45, 2.75) is 20.8 Å². The Bertz CT molecular complexity index is 358. The van der Waals surface area contributed by atoms with Gasteiger partial charge in [-0.15, -0.1) is 0 Å². The van der Waals surface area contributed by atoms with Crippen LogP contribution in [0.4, 0.5) is 19.0 Å². The van der Waals surface area contributed by atoms with E-state index >= 15 is 0 Å². The van der Waals surface area contributed by atoms with Crippen LogP contribution >= 0.6 is 0 Å². The van der Waals surface area contributed by atoms with Crippen molar-refractivity contribution in [2.24, 2.45) is 5.41 Å². The summed E-state index contributed by atoms with van der Waals surface area (Å²) in [6.45, 7) is 6.20. The summed E-state index contributed by atoms with van der Waals surface area (Å²) in [4.78, 5) is 3.15. The van der Waals surface area contributed by atoms with Crippen LogP contribution in [0.2, 0.25) is 0 Å². The molecule has 1 aromatic heterocycles. The number of hydrogen-bond acceptors (Lipinski definition) is 2. The number of pyridine rings is 1. The van der Waals surface area contributed by atoms with Gasteiger partial charge in [-0.25, -0.2) is 8.78 Å². The van der Waals surface area contributed by atoms with Crippen molar-refractivity contribution in [1.29, 1.82) is 0 Å². The Morgan fingerprint density at radius 2 is 1.80 bits per heavy atom. The molecular weight excluding hydrogens is 205 g/mol. The second-order valence-corrected chi connectivity index (χ2v) is 4.51. The second-order valence-electron chi connectivity index (χ2n) is 4.51. The van der Waals surface area contributed by atoms with Crippen LogP contribution < -0.4 is 5.32 Å². The third kappa shape index (κ3) is 3.42. The lowest BCUT2D eigenvalue weighted by molar-refractivity contribution is 0.436. The van der Waals surface area contributed by atoms with Gasteiger partial charge in [-0.3, -0.25) is 0 Å². The van der Waals surface area contributed by atoms with Crippen molar-refractivity contribution in [3.05, 3.63) is 23.6 Å². The molecule has 0 amide bonds. The predicted molar refractivity (Wildman–Crippen MR) is 52.1 cm³/mol. The van der Waals surface area contributed by atoms with E-state index < -0.39 is 17.6 Å². The Morgan fingerprint density at radius 3 is 2.33 bits per heavy atom. The molecule has 0 saturated heterocycles. The lowest BCUT2D eigenvalue weighted by Crippen LogP contribution is -2.20. The molecule has 0 atom stereocenters. The third-order valence-electron chi connectivity index (χ3n) is 1.67. The Hall–Kier alpha value is -1.26. The largest absolute Gasteiger partial charge is 0.367 e. The average molecular weight is 218 g/mol. The highest BCUT2D eigenvalue weighted by atomic mass is 19.2. The molecule has 1 N–H and O–H groups in total. The summed E-state index contributed by atoms with van der Waals surface area (Å²) < 4.78 is 38.3. The van der Waals surface area contributed by atoms with Crippen LogP contribution in [0.1, 0.15) is 20.8 Å². The summed E-state index contributed by atoms with van der Waals surface area (Å²) in [5.41, 5.74) is -0.0982. The molecule has 1 aromatic rings. The molecule has 0 bridgehead atoms. The molecule has 84 valence electrons. The number of rotatable bonds is 2. The molecule has 0 fully saturated rings. The van der Waals surface area contributed by atoms with Gasteiger partial charge in [0.05, 0.1) is 0 Å². The average Bonchev–Trinajstić information content (AvgIpc) is 2.07. The maximum atomic E-state index is 13.1. The van der Waals surface area contributed by atoms with Crippen LogP contribution in [0.15, 0.2) is 6.07 Å². The van der Waals surface area contributed by atoms with Crippen LogP contribution in [-0.2, 0) is 0 Å². The Labute approximate surface area is 86.5 Å². The highest BCUT2D eigenvalue weighted by molar-refractivity contribution is 5.36. The predicted octanol–water partition coefficient (Wildman–Crippen LogP) is 2.96. The van der Waals surface area contributed by atoms with Gasteiger partial charge in [0.2, 0.25) is 0 Å². The second kappa shape index (κ2) is 4.08. The molecule has 0 spiro atoms. The maximum absolute atomic E-state index is 13.1. The molecule has 2 nitrogen and oxygen atoms in total. The van der Waals surface area contributed by atoms with Crippen molar-refractivity contribution in [3.63, 3.8) is 0 Å². The summed E-state index contributed by atoms with van der Waals surface area (Å²) in [7, 11) is 0. The van der Waals surface area contributed by atoms with Crippen LogP contribution in [0.5, 0.6) is 0 Å². The standard InChI is InChI=1S/C10H13F3N2/c1-10(2,3)5-14-9-7(12)4-6(11)8(13)15-9/h4H,5H2,1-3H3,(H,14,15). The van der Waals surface area contributed by atoms with Crippen LogP contribution in [0.3, 0.4) is 0 Å². The Morgan fingerprint density at radius 1 is 1.20 bits per heavy atom. The van der Waals surface area contributed by atoms with E-state index in [4.69, 9.17) is 0 Å². The van der Waals surface area contributed by atoms with Gasteiger partial charge in [0.1, 0.15) is 0 Å². The SMILES string of the molecule is CC(C)(C)CNc1nc(F)c(F)cc1F. The van der Waals surface area contributed by atoms with Gasteiger partial charge in [0.15, 0.2) is 17.5 Å². The molecule has 5 heteroatoms. The van der Waals surface area contributed by atoms with Gasteiger partial charge in [-0.2, -0.15) is 9.37 Å². The first-order chi connectivity index (χ1) is 6.79. The first-order valence-corrected chi connectivity index (χ1v) is 4.55. The van der Waals surface area contributed by atoms with Gasteiger partial charge >= 0.3 is 0 Å². The Kier molecular flexibility index (Phi) is 3.21.